The molecule has 0 unspecified atom stereocenters. The fourth-order valence-electron chi connectivity index (χ4n) is 4.69. The zero-order valence-corrected chi connectivity index (χ0v) is 30.5. The van der Waals surface area contributed by atoms with Gasteiger partial charge in [-0.25, -0.2) is 14.4 Å². The average molecular weight is 739 g/mol. The molecule has 16 heteroatoms. The van der Waals surface area contributed by atoms with Crippen LogP contribution in [0.5, 0.6) is 5.75 Å². The second-order valence-corrected chi connectivity index (χ2v) is 12.4. The van der Waals surface area contributed by atoms with Crippen LogP contribution in [0.4, 0.5) is 15.3 Å². The van der Waals surface area contributed by atoms with Gasteiger partial charge in [0.1, 0.15) is 24.4 Å². The van der Waals surface area contributed by atoms with Gasteiger partial charge in [-0.2, -0.15) is 0 Å². The fourth-order valence-corrected chi connectivity index (χ4v) is 4.69. The van der Waals surface area contributed by atoms with Crippen molar-refractivity contribution < 1.29 is 47.8 Å². The lowest BCUT2D eigenvalue weighted by atomic mass is 10.0. The van der Waals surface area contributed by atoms with E-state index >= 15 is 0 Å². The van der Waals surface area contributed by atoms with E-state index in [-0.39, 0.29) is 37.8 Å². The molecule has 288 valence electrons. The number of methoxy groups -OCH3 is 1. The SMILES string of the molecule is COC(=O)/C=C\C(=O)NCCCCCC(=O)N[C@H](C(=O)N[C@@H](CCCNC(N)=O)C(=O)Nc1ccc(COC(=O)Oc2ccc(C)cc2)cc1)C(C)C. The first-order chi connectivity index (χ1) is 25.3. The number of amides is 6. The molecular weight excluding hydrogens is 688 g/mol. The standard InChI is InChI=1S/C37H50N6O10/c1-24(2)33(43-31(45)10-6-5-7-21-39-30(44)19-20-32(46)51-4)35(48)42-29(9-8-22-40-36(38)49)34(47)41-27-15-13-26(14-16-27)23-52-37(50)53-28-17-11-25(3)12-18-28/h11-20,24,29,33H,5-10,21-23H2,1-4H3,(H,39,44)(H,41,47)(H,42,48)(H,43,45)(H3,38,40,49)/b20-19-/t29-,33-/m0/s1. The van der Waals surface area contributed by atoms with Gasteiger partial charge in [-0.15, -0.1) is 0 Å². The molecule has 16 nitrogen and oxygen atoms in total. The number of nitrogens with two attached hydrogens (primary N) is 1. The van der Waals surface area contributed by atoms with Crippen LogP contribution in [-0.4, -0.2) is 74.1 Å². The van der Waals surface area contributed by atoms with Gasteiger partial charge in [0.05, 0.1) is 7.11 Å². The Hall–Kier alpha value is -5.93. The number of anilines is 1. The van der Waals surface area contributed by atoms with Crippen LogP contribution in [-0.2, 0) is 40.1 Å². The molecule has 0 aliphatic heterocycles. The molecule has 6 amide bonds. The molecule has 0 heterocycles. The lowest BCUT2D eigenvalue weighted by Crippen LogP contribution is -2.54. The molecule has 0 aliphatic rings. The molecule has 0 fully saturated rings. The van der Waals surface area contributed by atoms with E-state index in [2.05, 4.69) is 31.3 Å². The Bertz CT molecular complexity index is 1560. The van der Waals surface area contributed by atoms with Crippen LogP contribution in [0.15, 0.2) is 60.7 Å². The van der Waals surface area contributed by atoms with Crippen LogP contribution in [0.2, 0.25) is 0 Å². The molecule has 2 aromatic carbocycles. The van der Waals surface area contributed by atoms with E-state index in [1.54, 1.807) is 62.4 Å². The summed E-state index contributed by atoms with van der Waals surface area (Å²) in [6, 6.07) is 10.8. The highest BCUT2D eigenvalue weighted by Gasteiger charge is 2.28. The molecule has 0 radical (unpaired) electrons. The van der Waals surface area contributed by atoms with Crippen molar-refractivity contribution in [3.63, 3.8) is 0 Å². The summed E-state index contributed by atoms with van der Waals surface area (Å²) < 4.78 is 14.8. The number of benzene rings is 2. The maximum Gasteiger partial charge on any atom is 0.514 e. The molecule has 7 N–H and O–H groups in total. The third kappa shape index (κ3) is 18.2. The van der Waals surface area contributed by atoms with Crippen LogP contribution < -0.4 is 37.1 Å². The second kappa shape index (κ2) is 23.5. The Kier molecular flexibility index (Phi) is 19.2. The quantitative estimate of drug-likeness (QED) is 0.0474. The summed E-state index contributed by atoms with van der Waals surface area (Å²) in [6.07, 6.45) is 3.58. The Labute approximate surface area is 308 Å². The number of ether oxygens (including phenoxy) is 3. The number of hydrogen-bond donors (Lipinski definition) is 6. The number of unbranched alkanes of at least 4 members (excludes halogenated alkanes) is 2. The predicted octanol–water partition coefficient (Wildman–Crippen LogP) is 3.13. The number of carbonyl (C=O) groups is 7. The zero-order valence-electron chi connectivity index (χ0n) is 30.5. The Morgan fingerprint density at radius 2 is 1.47 bits per heavy atom. The molecule has 0 saturated heterocycles. The highest BCUT2D eigenvalue weighted by molar-refractivity contribution is 5.98. The van der Waals surface area contributed by atoms with Crippen molar-refractivity contribution in [2.45, 2.75) is 78.0 Å². The van der Waals surface area contributed by atoms with Crippen molar-refractivity contribution in [3.05, 3.63) is 71.8 Å². The third-order valence-electron chi connectivity index (χ3n) is 7.62. The lowest BCUT2D eigenvalue weighted by molar-refractivity contribution is -0.135. The topological polar surface area (TPSA) is 233 Å². The van der Waals surface area contributed by atoms with Crippen LogP contribution in [0.25, 0.3) is 0 Å². The number of rotatable bonds is 21. The molecular formula is C37H50N6O10. The van der Waals surface area contributed by atoms with Gasteiger partial charge in [0, 0.05) is 37.3 Å². The smallest absolute Gasteiger partial charge is 0.466 e. The number of esters is 1. The fraction of sp³-hybridized carbons (Fsp3) is 0.432. The van der Waals surface area contributed by atoms with Gasteiger partial charge in [-0.3, -0.25) is 19.2 Å². The third-order valence-corrected chi connectivity index (χ3v) is 7.62. The van der Waals surface area contributed by atoms with E-state index in [9.17, 15) is 33.6 Å². The number of carbonyl (C=O) groups excluding carboxylic acids is 7. The van der Waals surface area contributed by atoms with E-state index in [4.69, 9.17) is 15.2 Å². The van der Waals surface area contributed by atoms with Crippen molar-refractivity contribution in [1.29, 1.82) is 0 Å². The largest absolute Gasteiger partial charge is 0.514 e. The lowest BCUT2D eigenvalue weighted by Gasteiger charge is -2.25. The Morgan fingerprint density at radius 3 is 2.11 bits per heavy atom. The highest BCUT2D eigenvalue weighted by Crippen LogP contribution is 2.15. The van der Waals surface area contributed by atoms with Crippen molar-refractivity contribution in [1.82, 2.24) is 21.3 Å². The van der Waals surface area contributed by atoms with Gasteiger partial charge in [0.25, 0.3) is 0 Å². The first-order valence-corrected chi connectivity index (χ1v) is 17.2. The summed E-state index contributed by atoms with van der Waals surface area (Å²) in [7, 11) is 1.21. The Morgan fingerprint density at radius 1 is 0.792 bits per heavy atom. The van der Waals surface area contributed by atoms with Crippen LogP contribution in [0.1, 0.15) is 63.5 Å². The number of aryl methyl sites for hydroxylation is 1. The number of nitrogens with one attached hydrogen (secondary N) is 5. The summed E-state index contributed by atoms with van der Waals surface area (Å²) in [6.45, 7) is 5.90. The number of urea groups is 1. The first kappa shape index (κ1) is 43.2. The van der Waals surface area contributed by atoms with Crippen molar-refractivity contribution in [3.8, 4) is 5.75 Å². The Balaban J connectivity index is 1.91. The second-order valence-electron chi connectivity index (χ2n) is 12.4. The summed E-state index contributed by atoms with van der Waals surface area (Å²) in [5.41, 5.74) is 7.22. The minimum atomic E-state index is -1.02. The molecule has 2 rings (SSSR count). The maximum atomic E-state index is 13.4. The van der Waals surface area contributed by atoms with Crippen LogP contribution in [0, 0.1) is 12.8 Å². The normalized spacial score (nSPS) is 11.9. The molecule has 0 spiro atoms. The molecule has 0 bridgehead atoms. The number of primary amides is 1. The average Bonchev–Trinajstić information content (AvgIpc) is 3.12. The molecule has 53 heavy (non-hydrogen) atoms. The molecule has 0 aromatic heterocycles. The van der Waals surface area contributed by atoms with Crippen molar-refractivity contribution in [2.24, 2.45) is 11.7 Å². The van der Waals surface area contributed by atoms with Gasteiger partial charge in [0.2, 0.25) is 23.6 Å². The minimum absolute atomic E-state index is 0.0669. The van der Waals surface area contributed by atoms with Gasteiger partial charge < -0.3 is 46.5 Å². The summed E-state index contributed by atoms with van der Waals surface area (Å²) in [4.78, 5) is 85.5. The summed E-state index contributed by atoms with van der Waals surface area (Å²) in [5.74, 6) is -2.45. The van der Waals surface area contributed by atoms with E-state index in [0.29, 0.717) is 49.2 Å². The molecule has 2 aromatic rings. The van der Waals surface area contributed by atoms with Gasteiger partial charge in [0.15, 0.2) is 0 Å². The summed E-state index contributed by atoms with van der Waals surface area (Å²) >= 11 is 0. The van der Waals surface area contributed by atoms with Crippen LogP contribution in [0.3, 0.4) is 0 Å². The number of hydrogen-bond acceptors (Lipinski definition) is 10. The van der Waals surface area contributed by atoms with E-state index in [0.717, 1.165) is 17.7 Å². The first-order valence-electron chi connectivity index (χ1n) is 17.2. The maximum absolute atomic E-state index is 13.4. The zero-order chi connectivity index (χ0) is 39.2. The van der Waals surface area contributed by atoms with Gasteiger partial charge in [-0.1, -0.05) is 50.1 Å². The van der Waals surface area contributed by atoms with Gasteiger partial charge >= 0.3 is 18.2 Å². The summed E-state index contributed by atoms with van der Waals surface area (Å²) in [5, 5.41) is 13.3. The van der Waals surface area contributed by atoms with Crippen molar-refractivity contribution in [2.75, 3.05) is 25.5 Å². The molecule has 0 aliphatic carbocycles. The predicted molar refractivity (Wildman–Crippen MR) is 195 cm³/mol. The van der Waals surface area contributed by atoms with Gasteiger partial charge in [-0.05, 0) is 68.4 Å². The molecule has 0 saturated carbocycles. The van der Waals surface area contributed by atoms with Crippen LogP contribution >= 0.6 is 0 Å². The van der Waals surface area contributed by atoms with Crippen molar-refractivity contribution >= 4 is 47.5 Å². The van der Waals surface area contributed by atoms with E-state index in [1.807, 2.05) is 6.92 Å². The van der Waals surface area contributed by atoms with E-state index in [1.165, 1.54) is 7.11 Å². The molecule has 2 atom stereocenters. The van der Waals surface area contributed by atoms with E-state index < -0.39 is 48.0 Å². The monoisotopic (exact) mass is 738 g/mol. The minimum Gasteiger partial charge on any atom is -0.466 e. The highest BCUT2D eigenvalue weighted by atomic mass is 16.7.